The number of anilines is 1. The number of nitrogens with zero attached hydrogens (tertiary/aromatic N) is 2. The maximum atomic E-state index is 13.5. The number of ether oxygens (including phenoxy) is 1. The van der Waals surface area contributed by atoms with Gasteiger partial charge in [0.05, 0.1) is 25.3 Å². The third-order valence-electron chi connectivity index (χ3n) is 6.79. The number of thiophene rings is 1. The minimum Gasteiger partial charge on any atom is -0.378 e. The first kappa shape index (κ1) is 23.9. The predicted octanol–water partition coefficient (Wildman–Crippen LogP) is 4.79. The fourth-order valence-corrected chi connectivity index (χ4v) is 6.09. The highest BCUT2D eigenvalue weighted by molar-refractivity contribution is 7.20. The summed E-state index contributed by atoms with van der Waals surface area (Å²) in [5, 5.41) is 3.76. The van der Waals surface area contributed by atoms with Crippen LogP contribution in [-0.2, 0) is 9.53 Å². The summed E-state index contributed by atoms with van der Waals surface area (Å²) in [5.41, 5.74) is 2.61. The van der Waals surface area contributed by atoms with Gasteiger partial charge in [0.1, 0.15) is 5.00 Å². The highest BCUT2D eigenvalue weighted by atomic mass is 32.1. The van der Waals surface area contributed by atoms with E-state index in [1.807, 2.05) is 49.2 Å². The lowest BCUT2D eigenvalue weighted by atomic mass is 10.1. The van der Waals surface area contributed by atoms with Gasteiger partial charge < -0.3 is 15.0 Å². The number of nitrogens with one attached hydrogen (secondary N) is 1. The highest BCUT2D eigenvalue weighted by Gasteiger charge is 2.28. The normalized spacial score (nSPS) is 17.7. The van der Waals surface area contributed by atoms with Crippen LogP contribution in [0.4, 0.5) is 5.00 Å². The minimum absolute atomic E-state index is 0.0262. The molecule has 1 N–H and O–H groups in total. The molecule has 1 aliphatic carbocycles. The molecule has 178 valence electrons. The van der Waals surface area contributed by atoms with Gasteiger partial charge >= 0.3 is 0 Å². The van der Waals surface area contributed by atoms with E-state index in [0.29, 0.717) is 49.5 Å². The number of benzene rings is 1. The first-order valence-electron chi connectivity index (χ1n) is 12.1. The second-order valence-electron chi connectivity index (χ2n) is 9.14. The monoisotopic (exact) mass is 469 g/mol. The van der Waals surface area contributed by atoms with Gasteiger partial charge in [-0.25, -0.2) is 0 Å². The molecule has 0 atom stereocenters. The van der Waals surface area contributed by atoms with E-state index in [-0.39, 0.29) is 11.8 Å². The highest BCUT2D eigenvalue weighted by Crippen LogP contribution is 2.40. The Morgan fingerprint density at radius 2 is 1.76 bits per heavy atom. The number of likely N-dealkylation sites (N-methyl/N-ethyl adjacent to an activating group) is 1. The summed E-state index contributed by atoms with van der Waals surface area (Å²) >= 11 is 1.50. The summed E-state index contributed by atoms with van der Waals surface area (Å²) < 4.78 is 5.43. The van der Waals surface area contributed by atoms with Crippen LogP contribution in [0.1, 0.15) is 54.4 Å². The van der Waals surface area contributed by atoms with Crippen molar-refractivity contribution in [3.05, 3.63) is 41.5 Å². The Bertz CT molecular complexity index is 945. The summed E-state index contributed by atoms with van der Waals surface area (Å²) in [4.78, 5) is 31.6. The van der Waals surface area contributed by atoms with Gasteiger partial charge in [-0.2, -0.15) is 0 Å². The van der Waals surface area contributed by atoms with Crippen LogP contribution in [0.2, 0.25) is 0 Å². The molecule has 2 heterocycles. The van der Waals surface area contributed by atoms with Crippen molar-refractivity contribution in [2.75, 3.05) is 45.2 Å². The Morgan fingerprint density at radius 3 is 2.42 bits per heavy atom. The van der Waals surface area contributed by atoms with Crippen molar-refractivity contribution in [2.45, 2.75) is 51.5 Å². The zero-order chi connectivity index (χ0) is 23.2. The molecular weight excluding hydrogens is 434 g/mol. The van der Waals surface area contributed by atoms with Crippen molar-refractivity contribution < 1.29 is 14.3 Å². The van der Waals surface area contributed by atoms with E-state index in [2.05, 4.69) is 10.2 Å². The average Bonchev–Trinajstić information content (AvgIpc) is 2.99. The average molecular weight is 470 g/mol. The molecule has 0 spiro atoms. The second kappa shape index (κ2) is 11.3. The maximum absolute atomic E-state index is 13.5. The molecule has 0 bridgehead atoms. The molecule has 2 amide bonds. The van der Waals surface area contributed by atoms with Crippen LogP contribution >= 0.6 is 11.3 Å². The van der Waals surface area contributed by atoms with Crippen molar-refractivity contribution in [1.29, 1.82) is 0 Å². The van der Waals surface area contributed by atoms with Crippen molar-refractivity contribution >= 4 is 28.2 Å². The van der Waals surface area contributed by atoms with Crippen LogP contribution in [0.5, 0.6) is 0 Å². The Hall–Kier alpha value is -2.22. The van der Waals surface area contributed by atoms with Crippen LogP contribution in [0, 0.1) is 6.92 Å². The molecule has 6 nitrogen and oxygen atoms in total. The fourth-order valence-electron chi connectivity index (χ4n) is 4.87. The van der Waals surface area contributed by atoms with E-state index < -0.39 is 0 Å². The molecule has 7 heteroatoms. The molecule has 33 heavy (non-hydrogen) atoms. The number of hydrogen-bond acceptors (Lipinski definition) is 5. The Kier molecular flexibility index (Phi) is 8.17. The van der Waals surface area contributed by atoms with Gasteiger partial charge in [0.25, 0.3) is 5.91 Å². The molecule has 2 aromatic rings. The molecule has 1 aliphatic heterocycles. The molecule has 2 aliphatic rings. The first-order chi connectivity index (χ1) is 16.0. The Labute approximate surface area is 200 Å². The lowest BCUT2D eigenvalue weighted by Crippen LogP contribution is -2.41. The van der Waals surface area contributed by atoms with Crippen molar-refractivity contribution in [1.82, 2.24) is 9.80 Å². The third-order valence-corrected chi connectivity index (χ3v) is 8.05. The summed E-state index contributed by atoms with van der Waals surface area (Å²) in [6, 6.07) is 10.5. The zero-order valence-electron chi connectivity index (χ0n) is 19.8. The van der Waals surface area contributed by atoms with E-state index >= 15 is 0 Å². The third kappa shape index (κ3) is 5.83. The van der Waals surface area contributed by atoms with Crippen molar-refractivity contribution in [2.24, 2.45) is 0 Å². The number of carbonyl (C=O) groups is 2. The van der Waals surface area contributed by atoms with Crippen LogP contribution in [0.25, 0.3) is 10.4 Å². The number of amides is 2. The number of hydrogen-bond donors (Lipinski definition) is 1. The molecule has 1 aromatic heterocycles. The van der Waals surface area contributed by atoms with E-state index in [4.69, 9.17) is 4.74 Å². The fraction of sp³-hybridized carbons (Fsp3) is 0.538. The van der Waals surface area contributed by atoms with E-state index in [0.717, 1.165) is 28.8 Å². The predicted molar refractivity (Wildman–Crippen MR) is 134 cm³/mol. The van der Waals surface area contributed by atoms with Gasteiger partial charge in [-0.1, -0.05) is 56.0 Å². The molecule has 0 radical (unpaired) electrons. The number of carbonyl (C=O) groups excluding carboxylic acids is 2. The maximum Gasteiger partial charge on any atom is 0.257 e. The summed E-state index contributed by atoms with van der Waals surface area (Å²) in [6.45, 7) is 4.58. The second-order valence-corrected chi connectivity index (χ2v) is 10.2. The van der Waals surface area contributed by atoms with E-state index in [1.54, 1.807) is 0 Å². The van der Waals surface area contributed by atoms with Gasteiger partial charge in [0.15, 0.2) is 0 Å². The van der Waals surface area contributed by atoms with E-state index in [1.165, 1.54) is 37.0 Å². The first-order valence-corrected chi connectivity index (χ1v) is 12.9. The van der Waals surface area contributed by atoms with Crippen LogP contribution in [0.3, 0.4) is 0 Å². The van der Waals surface area contributed by atoms with Gasteiger partial charge in [0, 0.05) is 24.0 Å². The molecular formula is C26H35N3O3S. The molecule has 2 fully saturated rings. The number of morpholine rings is 1. The Balaban J connectivity index is 1.56. The number of rotatable bonds is 6. The van der Waals surface area contributed by atoms with Gasteiger partial charge in [-0.05, 0) is 37.9 Å². The Morgan fingerprint density at radius 1 is 1.09 bits per heavy atom. The molecule has 1 saturated heterocycles. The summed E-state index contributed by atoms with van der Waals surface area (Å²) in [5.74, 6) is -0.0831. The van der Waals surface area contributed by atoms with Gasteiger partial charge in [-0.3, -0.25) is 14.5 Å². The quantitative estimate of drug-likeness (QED) is 0.618. The van der Waals surface area contributed by atoms with Crippen LogP contribution in [-0.4, -0.2) is 67.6 Å². The topological polar surface area (TPSA) is 61.9 Å². The molecule has 4 rings (SSSR count). The van der Waals surface area contributed by atoms with Gasteiger partial charge in [0.2, 0.25) is 5.91 Å². The van der Waals surface area contributed by atoms with Gasteiger partial charge in [-0.15, -0.1) is 11.3 Å². The largest absolute Gasteiger partial charge is 0.378 e. The van der Waals surface area contributed by atoms with Crippen molar-refractivity contribution in [3.8, 4) is 10.4 Å². The molecule has 0 unspecified atom stereocenters. The molecule has 1 aromatic carbocycles. The summed E-state index contributed by atoms with van der Waals surface area (Å²) in [7, 11) is 2.05. The summed E-state index contributed by atoms with van der Waals surface area (Å²) in [6.07, 6.45) is 7.36. The minimum atomic E-state index is -0.0568. The standard InChI is InChI=1S/C26H35N3O3S/c1-19-23(26(31)29-14-16-32-17-15-29)25(33-24(19)20-10-6-5-7-11-20)27-22(30)18-28(2)21-12-8-3-4-9-13-21/h5-7,10-11,21H,3-4,8-9,12-18H2,1-2H3,(H,27,30). The molecule has 1 saturated carbocycles. The van der Waals surface area contributed by atoms with E-state index in [9.17, 15) is 9.59 Å². The lowest BCUT2D eigenvalue weighted by Gasteiger charge is -2.28. The zero-order valence-corrected chi connectivity index (χ0v) is 20.6. The smallest absolute Gasteiger partial charge is 0.257 e. The van der Waals surface area contributed by atoms with Crippen molar-refractivity contribution in [3.63, 3.8) is 0 Å². The SMILES string of the molecule is Cc1c(-c2ccccc2)sc(NC(=O)CN(C)C2CCCCCC2)c1C(=O)N1CCOCC1. The lowest BCUT2D eigenvalue weighted by molar-refractivity contribution is -0.117. The van der Waals surface area contributed by atoms with Crippen LogP contribution < -0.4 is 5.32 Å². The van der Waals surface area contributed by atoms with Crippen LogP contribution in [0.15, 0.2) is 30.3 Å².